The van der Waals surface area contributed by atoms with E-state index in [4.69, 9.17) is 10.9 Å². The third-order valence-corrected chi connectivity index (χ3v) is 4.06. The fourth-order valence-electron chi connectivity index (χ4n) is 0.593. The second-order valence-electron chi connectivity index (χ2n) is 4.26. The van der Waals surface area contributed by atoms with Gasteiger partial charge in [0.05, 0.1) is 5.75 Å². The highest BCUT2D eigenvalue weighted by molar-refractivity contribution is 7.89. The van der Waals surface area contributed by atoms with Crippen LogP contribution in [0, 0.1) is 0 Å². The van der Waals surface area contributed by atoms with Gasteiger partial charge in [0.1, 0.15) is 5.37 Å². The summed E-state index contributed by atoms with van der Waals surface area (Å²) < 4.78 is 41.0. The zero-order valence-electron chi connectivity index (χ0n) is 11.2. The molecule has 2 unspecified atom stereocenters. The summed E-state index contributed by atoms with van der Waals surface area (Å²) in [5.41, 5.74) is 4.86. The van der Waals surface area contributed by atoms with Crippen molar-refractivity contribution in [2.75, 3.05) is 19.8 Å². The van der Waals surface area contributed by atoms with E-state index in [2.05, 4.69) is 5.14 Å². The smallest absolute Gasteiger partial charge is 0.224 e. The van der Waals surface area contributed by atoms with Crippen molar-refractivity contribution in [1.82, 2.24) is 4.90 Å². The van der Waals surface area contributed by atoms with E-state index in [9.17, 15) is 16.8 Å². The molecule has 0 amide bonds. The van der Waals surface area contributed by atoms with Gasteiger partial charge in [-0.05, 0) is 34.4 Å². The summed E-state index contributed by atoms with van der Waals surface area (Å²) in [6, 6.07) is 0.258. The lowest BCUT2D eigenvalue weighted by molar-refractivity contribution is 0.307. The predicted molar refractivity (Wildman–Crippen MR) is 72.5 cm³/mol. The first-order valence-electron chi connectivity index (χ1n) is 5.21. The van der Waals surface area contributed by atoms with Gasteiger partial charge in [-0.15, -0.1) is 0 Å². The standard InChI is InChI=1S/C6H16N2O2S.C2H8N2O2S/c1-6(8(2)3)4-5-11(7,9)10;1-2(3)7(4,5)6/h6H,4-5H2,1-3H3,(H2,7,9,10);2H,3H2,1H3,(H2,4,5,6). The van der Waals surface area contributed by atoms with Gasteiger partial charge in [-0.2, -0.15) is 0 Å². The lowest BCUT2D eigenvalue weighted by Gasteiger charge is -2.18. The molecular formula is C8H24N4O4S2. The van der Waals surface area contributed by atoms with Gasteiger partial charge in [0.2, 0.25) is 20.0 Å². The minimum Gasteiger partial charge on any atom is -0.314 e. The van der Waals surface area contributed by atoms with Crippen LogP contribution in [0.4, 0.5) is 0 Å². The molecule has 0 aromatic heterocycles. The van der Waals surface area contributed by atoms with Crippen LogP contribution in [0.1, 0.15) is 20.3 Å². The summed E-state index contributed by atoms with van der Waals surface area (Å²) in [6.45, 7) is 3.28. The second kappa shape index (κ2) is 8.02. The van der Waals surface area contributed by atoms with Crippen molar-refractivity contribution in [2.24, 2.45) is 16.0 Å². The highest BCUT2D eigenvalue weighted by Crippen LogP contribution is 1.98. The minimum atomic E-state index is -3.46. The van der Waals surface area contributed by atoms with Crippen molar-refractivity contribution in [3.63, 3.8) is 0 Å². The quantitative estimate of drug-likeness (QED) is 0.545. The van der Waals surface area contributed by atoms with E-state index in [0.29, 0.717) is 6.42 Å². The molecule has 10 heteroatoms. The molecule has 8 nitrogen and oxygen atoms in total. The number of primary sulfonamides is 2. The summed E-state index contributed by atoms with van der Waals surface area (Å²) >= 11 is 0. The minimum absolute atomic E-state index is 0.0619. The topological polar surface area (TPSA) is 150 Å². The Morgan fingerprint density at radius 1 is 1.06 bits per heavy atom. The van der Waals surface area contributed by atoms with Crippen LogP contribution in [-0.2, 0) is 20.0 Å². The summed E-state index contributed by atoms with van der Waals surface area (Å²) in [6.07, 6.45) is 0.589. The van der Waals surface area contributed by atoms with Crippen LogP contribution in [0.25, 0.3) is 0 Å². The van der Waals surface area contributed by atoms with E-state index in [1.165, 1.54) is 6.92 Å². The molecule has 0 bridgehead atoms. The molecule has 0 aromatic carbocycles. The van der Waals surface area contributed by atoms with Crippen molar-refractivity contribution in [1.29, 1.82) is 0 Å². The molecular weight excluding hydrogens is 280 g/mol. The Balaban J connectivity index is 0. The van der Waals surface area contributed by atoms with Gasteiger partial charge in [0.25, 0.3) is 0 Å². The molecule has 0 heterocycles. The van der Waals surface area contributed by atoms with Gasteiger partial charge in [-0.1, -0.05) is 0 Å². The van der Waals surface area contributed by atoms with Gasteiger partial charge >= 0.3 is 0 Å². The highest BCUT2D eigenvalue weighted by Gasteiger charge is 2.09. The van der Waals surface area contributed by atoms with E-state index in [0.717, 1.165) is 0 Å². The maximum absolute atomic E-state index is 10.5. The first kappa shape index (κ1) is 20.1. The number of nitrogens with zero attached hydrogens (tertiary/aromatic N) is 1. The maximum Gasteiger partial charge on any atom is 0.224 e. The van der Waals surface area contributed by atoms with E-state index < -0.39 is 25.4 Å². The monoisotopic (exact) mass is 304 g/mol. The molecule has 0 spiro atoms. The number of rotatable bonds is 5. The first-order valence-corrected chi connectivity index (χ1v) is 8.54. The number of hydrogen-bond acceptors (Lipinski definition) is 6. The van der Waals surface area contributed by atoms with E-state index in [-0.39, 0.29) is 11.8 Å². The molecule has 18 heavy (non-hydrogen) atoms. The molecule has 0 radical (unpaired) electrons. The molecule has 0 aliphatic rings. The lowest BCUT2D eigenvalue weighted by Crippen LogP contribution is -2.32. The zero-order valence-corrected chi connectivity index (χ0v) is 12.8. The van der Waals surface area contributed by atoms with Gasteiger partial charge in [0.15, 0.2) is 0 Å². The Hall–Kier alpha value is -0.260. The van der Waals surface area contributed by atoms with Gasteiger partial charge in [-0.3, -0.25) is 0 Å². The van der Waals surface area contributed by atoms with Crippen LogP contribution in [-0.4, -0.2) is 53.0 Å². The molecule has 0 saturated carbocycles. The molecule has 0 fully saturated rings. The maximum atomic E-state index is 10.5. The summed E-state index contributed by atoms with van der Waals surface area (Å²) in [5.74, 6) is 0.0619. The van der Waals surface area contributed by atoms with Crippen molar-refractivity contribution in [2.45, 2.75) is 31.7 Å². The molecule has 0 aliphatic carbocycles. The van der Waals surface area contributed by atoms with Gasteiger partial charge < -0.3 is 10.6 Å². The van der Waals surface area contributed by atoms with E-state index >= 15 is 0 Å². The third-order valence-electron chi connectivity index (χ3n) is 2.22. The lowest BCUT2D eigenvalue weighted by atomic mass is 10.2. The molecule has 0 aromatic rings. The van der Waals surface area contributed by atoms with Crippen LogP contribution >= 0.6 is 0 Å². The molecule has 0 saturated heterocycles. The molecule has 112 valence electrons. The Morgan fingerprint density at radius 2 is 1.39 bits per heavy atom. The first-order chi connectivity index (χ1) is 7.77. The number of hydrogen-bond donors (Lipinski definition) is 3. The van der Waals surface area contributed by atoms with Crippen molar-refractivity contribution in [3.05, 3.63) is 0 Å². The Morgan fingerprint density at radius 3 is 1.56 bits per heavy atom. The van der Waals surface area contributed by atoms with Crippen LogP contribution in [0.3, 0.4) is 0 Å². The Labute approximate surface area is 110 Å². The van der Waals surface area contributed by atoms with Crippen LogP contribution in [0.15, 0.2) is 0 Å². The van der Waals surface area contributed by atoms with Crippen molar-refractivity contribution >= 4 is 20.0 Å². The van der Waals surface area contributed by atoms with E-state index in [1.807, 2.05) is 25.9 Å². The van der Waals surface area contributed by atoms with Crippen LogP contribution in [0.5, 0.6) is 0 Å². The van der Waals surface area contributed by atoms with E-state index in [1.54, 1.807) is 0 Å². The SMILES string of the molecule is CC(CCS(N)(=O)=O)N(C)C.CC(N)S(N)(=O)=O. The number of nitrogens with two attached hydrogens (primary N) is 3. The average Bonchev–Trinajstić information content (AvgIpc) is 2.12. The summed E-state index contributed by atoms with van der Waals surface area (Å²) in [5, 5.41) is 8.41. The van der Waals surface area contributed by atoms with Crippen LogP contribution in [0.2, 0.25) is 0 Å². The van der Waals surface area contributed by atoms with Gasteiger partial charge in [-0.25, -0.2) is 27.1 Å². The molecule has 6 N–H and O–H groups in total. The summed E-state index contributed by atoms with van der Waals surface area (Å²) in [7, 11) is -2.92. The fourth-order valence-corrected chi connectivity index (χ4v) is 1.26. The number of sulfonamides is 2. The average molecular weight is 304 g/mol. The molecule has 0 rings (SSSR count). The van der Waals surface area contributed by atoms with Crippen molar-refractivity contribution in [3.8, 4) is 0 Å². The highest BCUT2D eigenvalue weighted by atomic mass is 32.2. The molecule has 0 aliphatic heterocycles. The second-order valence-corrected chi connectivity index (χ2v) is 7.92. The van der Waals surface area contributed by atoms with Crippen LogP contribution < -0.4 is 16.0 Å². The normalized spacial score (nSPS) is 15.8. The van der Waals surface area contributed by atoms with Gasteiger partial charge in [0, 0.05) is 6.04 Å². The Kier molecular flexibility index (Phi) is 8.94. The summed E-state index contributed by atoms with van der Waals surface area (Å²) in [4.78, 5) is 1.96. The van der Waals surface area contributed by atoms with Crippen molar-refractivity contribution < 1.29 is 16.8 Å². The zero-order chi connectivity index (χ0) is 15.1. The third kappa shape index (κ3) is 13.8. The molecule has 2 atom stereocenters. The largest absolute Gasteiger partial charge is 0.314 e. The Bertz CT molecular complexity index is 416. The fraction of sp³-hybridized carbons (Fsp3) is 1.00. The predicted octanol–water partition coefficient (Wildman–Crippen LogP) is -1.81.